The minimum absolute atomic E-state index is 0.0918. The normalized spacial score (nSPS) is 12.4. The standard InChI is InChI=1S/C23H32N4O4/c1-26-20-9-6-18(14-21(20)27(2)23(26)30)22(29)16-31-19-7-4-17(5-8-19)15-25-11-3-10-24-12-13-28/h4-9,14,22,24-25,28-29H,3,10-13,15-16H2,1-2H3. The highest BCUT2D eigenvalue weighted by molar-refractivity contribution is 5.76. The van der Waals surface area contributed by atoms with E-state index in [2.05, 4.69) is 10.6 Å². The van der Waals surface area contributed by atoms with Gasteiger partial charge in [0.25, 0.3) is 0 Å². The Morgan fingerprint density at radius 1 is 0.968 bits per heavy atom. The van der Waals surface area contributed by atoms with E-state index in [1.54, 1.807) is 23.2 Å². The lowest BCUT2D eigenvalue weighted by Crippen LogP contribution is -2.23. The number of ether oxygens (including phenoxy) is 1. The number of aliphatic hydroxyl groups excluding tert-OH is 2. The van der Waals surface area contributed by atoms with Crippen molar-refractivity contribution in [3.63, 3.8) is 0 Å². The van der Waals surface area contributed by atoms with Crippen LogP contribution in [0.4, 0.5) is 0 Å². The van der Waals surface area contributed by atoms with Crippen LogP contribution in [0.15, 0.2) is 47.3 Å². The molecular formula is C23H32N4O4. The lowest BCUT2D eigenvalue weighted by atomic mass is 10.1. The van der Waals surface area contributed by atoms with Gasteiger partial charge in [0.05, 0.1) is 17.6 Å². The van der Waals surface area contributed by atoms with Crippen molar-refractivity contribution in [1.29, 1.82) is 0 Å². The fourth-order valence-electron chi connectivity index (χ4n) is 3.48. The van der Waals surface area contributed by atoms with Crippen molar-refractivity contribution < 1.29 is 14.9 Å². The Hall–Kier alpha value is -2.65. The third-order valence-corrected chi connectivity index (χ3v) is 5.34. The summed E-state index contributed by atoms with van der Waals surface area (Å²) >= 11 is 0. The first kappa shape index (κ1) is 23.0. The number of aliphatic hydroxyl groups is 2. The Labute approximate surface area is 182 Å². The molecule has 0 spiro atoms. The summed E-state index contributed by atoms with van der Waals surface area (Å²) in [4.78, 5) is 12.1. The predicted octanol–water partition coefficient (Wildman–Crippen LogP) is 1.05. The molecule has 0 aliphatic carbocycles. The number of nitrogens with one attached hydrogen (secondary N) is 2. The van der Waals surface area contributed by atoms with Crippen molar-refractivity contribution in [1.82, 2.24) is 19.8 Å². The van der Waals surface area contributed by atoms with Gasteiger partial charge in [-0.3, -0.25) is 9.13 Å². The van der Waals surface area contributed by atoms with Crippen molar-refractivity contribution in [3.05, 3.63) is 64.1 Å². The molecule has 0 saturated carbocycles. The van der Waals surface area contributed by atoms with Gasteiger partial charge in [0, 0.05) is 27.2 Å². The Morgan fingerprint density at radius 3 is 2.42 bits per heavy atom. The van der Waals surface area contributed by atoms with Gasteiger partial charge in [0.1, 0.15) is 18.5 Å². The van der Waals surface area contributed by atoms with Gasteiger partial charge in [-0.25, -0.2) is 4.79 Å². The summed E-state index contributed by atoms with van der Waals surface area (Å²) in [6.45, 7) is 3.50. The Morgan fingerprint density at radius 2 is 1.68 bits per heavy atom. The Kier molecular flexibility index (Phi) is 8.25. The quantitative estimate of drug-likeness (QED) is 0.322. The van der Waals surface area contributed by atoms with Crippen LogP contribution < -0.4 is 21.1 Å². The summed E-state index contributed by atoms with van der Waals surface area (Å²) < 4.78 is 8.92. The molecule has 0 aliphatic heterocycles. The number of aryl methyl sites for hydroxylation is 2. The summed E-state index contributed by atoms with van der Waals surface area (Å²) in [6.07, 6.45) is 0.211. The molecule has 3 aromatic rings. The summed E-state index contributed by atoms with van der Waals surface area (Å²) in [5.41, 5.74) is 3.39. The topological polar surface area (TPSA) is 101 Å². The molecule has 2 aromatic carbocycles. The van der Waals surface area contributed by atoms with Crippen LogP contribution in [0.3, 0.4) is 0 Å². The fourth-order valence-corrected chi connectivity index (χ4v) is 3.48. The van der Waals surface area contributed by atoms with E-state index in [4.69, 9.17) is 9.84 Å². The first-order valence-electron chi connectivity index (χ1n) is 10.6. The monoisotopic (exact) mass is 428 g/mol. The number of nitrogens with zero attached hydrogens (tertiary/aromatic N) is 2. The van der Waals surface area contributed by atoms with Crippen LogP contribution in [-0.2, 0) is 20.6 Å². The van der Waals surface area contributed by atoms with Gasteiger partial charge in [0.2, 0.25) is 0 Å². The second-order valence-corrected chi connectivity index (χ2v) is 7.62. The van der Waals surface area contributed by atoms with Gasteiger partial charge in [-0.2, -0.15) is 0 Å². The number of aromatic nitrogens is 2. The first-order valence-corrected chi connectivity index (χ1v) is 10.6. The largest absolute Gasteiger partial charge is 0.491 e. The van der Waals surface area contributed by atoms with Crippen LogP contribution in [0.25, 0.3) is 11.0 Å². The fraction of sp³-hybridized carbons (Fsp3) is 0.435. The van der Waals surface area contributed by atoms with Crippen LogP contribution in [0.2, 0.25) is 0 Å². The second kappa shape index (κ2) is 11.1. The van der Waals surface area contributed by atoms with E-state index in [1.165, 1.54) is 0 Å². The number of imidazole rings is 1. The molecule has 1 atom stereocenters. The molecule has 1 heterocycles. The maximum absolute atomic E-state index is 12.1. The van der Waals surface area contributed by atoms with Crippen LogP contribution in [0.1, 0.15) is 23.7 Å². The van der Waals surface area contributed by atoms with Crippen molar-refractivity contribution in [3.8, 4) is 5.75 Å². The maximum atomic E-state index is 12.1. The van der Waals surface area contributed by atoms with E-state index in [1.807, 2.05) is 42.5 Å². The highest BCUT2D eigenvalue weighted by atomic mass is 16.5. The van der Waals surface area contributed by atoms with Crippen molar-refractivity contribution in [2.45, 2.75) is 19.1 Å². The van der Waals surface area contributed by atoms with Gasteiger partial charge >= 0.3 is 5.69 Å². The first-order chi connectivity index (χ1) is 15.0. The van der Waals surface area contributed by atoms with Crippen LogP contribution in [0.5, 0.6) is 5.75 Å². The molecule has 0 saturated heterocycles. The highest BCUT2D eigenvalue weighted by Gasteiger charge is 2.13. The molecule has 4 N–H and O–H groups in total. The van der Waals surface area contributed by atoms with Gasteiger partial charge in [0.15, 0.2) is 0 Å². The van der Waals surface area contributed by atoms with E-state index in [-0.39, 0.29) is 18.9 Å². The zero-order valence-corrected chi connectivity index (χ0v) is 18.2. The molecule has 8 heteroatoms. The van der Waals surface area contributed by atoms with E-state index in [0.29, 0.717) is 17.9 Å². The average molecular weight is 429 g/mol. The Balaban J connectivity index is 1.47. The van der Waals surface area contributed by atoms with Crippen LogP contribution >= 0.6 is 0 Å². The average Bonchev–Trinajstić information content (AvgIpc) is 3.01. The number of rotatable bonds is 12. The molecule has 168 valence electrons. The molecule has 1 unspecified atom stereocenters. The molecule has 0 amide bonds. The predicted molar refractivity (Wildman–Crippen MR) is 121 cm³/mol. The van der Waals surface area contributed by atoms with Crippen LogP contribution in [-0.4, -0.2) is 52.2 Å². The van der Waals surface area contributed by atoms with Crippen molar-refractivity contribution in [2.24, 2.45) is 14.1 Å². The number of benzene rings is 2. The smallest absolute Gasteiger partial charge is 0.328 e. The molecule has 0 fully saturated rings. The molecular weight excluding hydrogens is 396 g/mol. The summed E-state index contributed by atoms with van der Waals surface area (Å²) in [7, 11) is 3.46. The third kappa shape index (κ3) is 5.95. The van der Waals surface area contributed by atoms with Gasteiger partial charge < -0.3 is 25.6 Å². The van der Waals surface area contributed by atoms with Crippen molar-refractivity contribution >= 4 is 11.0 Å². The molecule has 3 rings (SSSR count). The van der Waals surface area contributed by atoms with E-state index in [9.17, 15) is 9.90 Å². The number of hydrogen-bond acceptors (Lipinski definition) is 6. The van der Waals surface area contributed by atoms with E-state index < -0.39 is 6.10 Å². The molecule has 0 radical (unpaired) electrons. The van der Waals surface area contributed by atoms with E-state index in [0.717, 1.165) is 42.7 Å². The molecule has 1 aromatic heterocycles. The number of fused-ring (bicyclic) bond motifs is 1. The lowest BCUT2D eigenvalue weighted by Gasteiger charge is -2.14. The molecule has 31 heavy (non-hydrogen) atoms. The number of hydrogen-bond donors (Lipinski definition) is 4. The molecule has 0 aliphatic rings. The summed E-state index contributed by atoms with van der Waals surface area (Å²) in [5, 5.41) is 25.8. The SMILES string of the molecule is Cn1c(=O)n(C)c2cc(C(O)COc3ccc(CNCCCNCCO)cc3)ccc21. The van der Waals surface area contributed by atoms with Gasteiger partial charge in [-0.1, -0.05) is 18.2 Å². The zero-order chi connectivity index (χ0) is 22.2. The lowest BCUT2D eigenvalue weighted by molar-refractivity contribution is 0.108. The zero-order valence-electron chi connectivity index (χ0n) is 18.2. The minimum Gasteiger partial charge on any atom is -0.491 e. The summed E-state index contributed by atoms with van der Waals surface area (Å²) in [5.74, 6) is 0.698. The second-order valence-electron chi connectivity index (χ2n) is 7.62. The summed E-state index contributed by atoms with van der Waals surface area (Å²) in [6, 6.07) is 13.3. The van der Waals surface area contributed by atoms with Crippen molar-refractivity contribution in [2.75, 3.05) is 32.8 Å². The molecule has 8 nitrogen and oxygen atoms in total. The highest BCUT2D eigenvalue weighted by Crippen LogP contribution is 2.21. The third-order valence-electron chi connectivity index (χ3n) is 5.34. The molecule has 0 bridgehead atoms. The Bertz CT molecular complexity index is 1030. The maximum Gasteiger partial charge on any atom is 0.328 e. The van der Waals surface area contributed by atoms with Gasteiger partial charge in [-0.05, 0) is 54.9 Å². The van der Waals surface area contributed by atoms with E-state index >= 15 is 0 Å². The minimum atomic E-state index is -0.791. The van der Waals surface area contributed by atoms with Crippen LogP contribution in [0, 0.1) is 0 Å². The van der Waals surface area contributed by atoms with Gasteiger partial charge in [-0.15, -0.1) is 0 Å².